The van der Waals surface area contributed by atoms with Crippen molar-refractivity contribution in [2.24, 2.45) is 0 Å². The molecule has 0 saturated carbocycles. The van der Waals surface area contributed by atoms with Crippen molar-refractivity contribution in [2.75, 3.05) is 32.7 Å². The third-order valence-electron chi connectivity index (χ3n) is 5.73. The van der Waals surface area contributed by atoms with Crippen molar-refractivity contribution in [1.29, 1.82) is 0 Å². The molecule has 1 amide bonds. The fraction of sp³-hybridized carbons (Fsp3) is 0.650. The van der Waals surface area contributed by atoms with E-state index in [9.17, 15) is 13.2 Å². The number of likely N-dealkylation sites (tertiary alicyclic amines) is 1. The van der Waals surface area contributed by atoms with Crippen molar-refractivity contribution in [2.45, 2.75) is 56.4 Å². The smallest absolute Gasteiger partial charge is 0.252 e. The largest absolute Gasteiger partial charge is 0.352 e. The summed E-state index contributed by atoms with van der Waals surface area (Å²) in [7, 11) is -3.57. The van der Waals surface area contributed by atoms with Crippen LogP contribution in [0.3, 0.4) is 0 Å². The van der Waals surface area contributed by atoms with E-state index in [0.29, 0.717) is 25.7 Å². The molecule has 8 heteroatoms. The summed E-state index contributed by atoms with van der Waals surface area (Å²) in [4.78, 5) is 15.2. The third-order valence-corrected chi connectivity index (χ3v) is 7.96. The minimum Gasteiger partial charge on any atom is -0.352 e. The van der Waals surface area contributed by atoms with Crippen LogP contribution in [0.15, 0.2) is 23.1 Å². The van der Waals surface area contributed by atoms with Crippen LogP contribution in [0, 0.1) is 0 Å². The summed E-state index contributed by atoms with van der Waals surface area (Å²) in [6, 6.07) is 4.98. The predicted octanol–water partition coefficient (Wildman–Crippen LogP) is 3.12. The Morgan fingerprint density at radius 3 is 2.61 bits per heavy atom. The van der Waals surface area contributed by atoms with E-state index in [0.717, 1.165) is 32.4 Å². The van der Waals surface area contributed by atoms with Crippen LogP contribution in [0.5, 0.6) is 0 Å². The molecule has 2 aliphatic heterocycles. The number of piperidine rings is 1. The molecule has 1 N–H and O–H groups in total. The highest BCUT2D eigenvalue weighted by atomic mass is 35.5. The van der Waals surface area contributed by atoms with Gasteiger partial charge in [0.1, 0.15) is 0 Å². The number of sulfonamides is 1. The number of nitrogens with one attached hydrogen (secondary N) is 1. The molecule has 1 aromatic carbocycles. The fourth-order valence-corrected chi connectivity index (χ4v) is 5.73. The van der Waals surface area contributed by atoms with Gasteiger partial charge in [-0.15, -0.1) is 0 Å². The maximum Gasteiger partial charge on any atom is 0.252 e. The Morgan fingerprint density at radius 1 is 1.18 bits per heavy atom. The highest BCUT2D eigenvalue weighted by molar-refractivity contribution is 7.89. The fourth-order valence-electron chi connectivity index (χ4n) is 3.99. The van der Waals surface area contributed by atoms with E-state index in [1.54, 1.807) is 0 Å². The third kappa shape index (κ3) is 5.06. The van der Waals surface area contributed by atoms with Crippen LogP contribution in [-0.4, -0.2) is 62.3 Å². The molecule has 0 spiro atoms. The Balaban J connectivity index is 1.58. The van der Waals surface area contributed by atoms with Crippen LogP contribution in [0.25, 0.3) is 0 Å². The zero-order valence-corrected chi connectivity index (χ0v) is 18.1. The second-order valence-electron chi connectivity index (χ2n) is 7.74. The number of rotatable bonds is 7. The number of nitrogens with zero attached hydrogens (tertiary/aromatic N) is 2. The zero-order chi connectivity index (χ0) is 20.1. The second kappa shape index (κ2) is 9.57. The molecule has 0 aromatic heterocycles. The van der Waals surface area contributed by atoms with Gasteiger partial charge in [0.05, 0.1) is 15.5 Å². The molecule has 0 radical (unpaired) electrons. The number of carbonyl (C=O) groups excluding carboxylic acids is 1. The Hall–Kier alpha value is -1.15. The van der Waals surface area contributed by atoms with Gasteiger partial charge >= 0.3 is 0 Å². The minimum atomic E-state index is -3.57. The van der Waals surface area contributed by atoms with Gasteiger partial charge in [-0.3, -0.25) is 4.79 Å². The standard InChI is InChI=1S/C20H30ClN3O3S/c1-16-7-2-3-11-23(16)12-6-10-22-20(25)18-15-17(8-9-19(18)21)28(26,27)24-13-4-5-14-24/h8-9,15-16H,2-7,10-14H2,1H3,(H,22,25)/t16-/m1/s1. The number of halogens is 1. The summed E-state index contributed by atoms with van der Waals surface area (Å²) >= 11 is 6.18. The quantitative estimate of drug-likeness (QED) is 0.679. The summed E-state index contributed by atoms with van der Waals surface area (Å²) in [5.74, 6) is -0.324. The first-order valence-corrected chi connectivity index (χ1v) is 12.0. The van der Waals surface area contributed by atoms with Gasteiger partial charge in [-0.2, -0.15) is 4.31 Å². The molecule has 2 aliphatic rings. The highest BCUT2D eigenvalue weighted by Crippen LogP contribution is 2.25. The van der Waals surface area contributed by atoms with Gasteiger partial charge in [-0.1, -0.05) is 18.0 Å². The van der Waals surface area contributed by atoms with Gasteiger partial charge in [0.2, 0.25) is 10.0 Å². The minimum absolute atomic E-state index is 0.131. The first kappa shape index (κ1) is 21.6. The lowest BCUT2D eigenvalue weighted by atomic mass is 10.0. The zero-order valence-electron chi connectivity index (χ0n) is 16.5. The molecule has 0 aliphatic carbocycles. The van der Waals surface area contributed by atoms with Gasteiger partial charge in [0.25, 0.3) is 5.91 Å². The molecule has 2 heterocycles. The number of carbonyl (C=O) groups is 1. The van der Waals surface area contributed by atoms with Crippen molar-refractivity contribution >= 4 is 27.5 Å². The Kier molecular flexibility index (Phi) is 7.36. The molecule has 0 bridgehead atoms. The first-order chi connectivity index (χ1) is 13.4. The molecule has 156 valence electrons. The lowest BCUT2D eigenvalue weighted by Gasteiger charge is -2.33. The van der Waals surface area contributed by atoms with Crippen LogP contribution in [0.4, 0.5) is 0 Å². The van der Waals surface area contributed by atoms with Crippen molar-refractivity contribution in [1.82, 2.24) is 14.5 Å². The average Bonchev–Trinajstić information content (AvgIpc) is 3.22. The molecule has 6 nitrogen and oxygen atoms in total. The van der Waals surface area contributed by atoms with E-state index in [4.69, 9.17) is 11.6 Å². The van der Waals surface area contributed by atoms with Crippen LogP contribution in [0.1, 0.15) is 55.8 Å². The molecule has 1 aromatic rings. The monoisotopic (exact) mass is 427 g/mol. The second-order valence-corrected chi connectivity index (χ2v) is 10.1. The number of amides is 1. The molecule has 1 atom stereocenters. The summed E-state index contributed by atoms with van der Waals surface area (Å²) in [5.41, 5.74) is 0.216. The Labute approximate surface area is 173 Å². The van der Waals surface area contributed by atoms with Gasteiger partial charge in [0, 0.05) is 32.2 Å². The van der Waals surface area contributed by atoms with Crippen LogP contribution < -0.4 is 5.32 Å². The van der Waals surface area contributed by atoms with Crippen LogP contribution >= 0.6 is 11.6 Å². The lowest BCUT2D eigenvalue weighted by molar-refractivity contribution is 0.0949. The maximum atomic E-state index is 12.7. The summed E-state index contributed by atoms with van der Waals surface area (Å²) in [6.45, 7) is 5.93. The maximum absolute atomic E-state index is 12.7. The molecule has 3 rings (SSSR count). The van der Waals surface area contributed by atoms with E-state index in [1.165, 1.54) is 41.8 Å². The summed E-state index contributed by atoms with van der Waals surface area (Å²) in [6.07, 6.45) is 6.37. The van der Waals surface area contributed by atoms with E-state index < -0.39 is 10.0 Å². The number of hydrogen-bond acceptors (Lipinski definition) is 4. The van der Waals surface area contributed by atoms with Crippen molar-refractivity contribution in [3.63, 3.8) is 0 Å². The van der Waals surface area contributed by atoms with E-state index >= 15 is 0 Å². The van der Waals surface area contributed by atoms with Gasteiger partial charge in [0.15, 0.2) is 0 Å². The van der Waals surface area contributed by atoms with Gasteiger partial charge in [-0.25, -0.2) is 8.42 Å². The molecule has 2 saturated heterocycles. The number of benzene rings is 1. The normalized spacial score (nSPS) is 21.7. The molecule has 28 heavy (non-hydrogen) atoms. The average molecular weight is 428 g/mol. The van der Waals surface area contributed by atoms with Gasteiger partial charge < -0.3 is 10.2 Å². The van der Waals surface area contributed by atoms with E-state index in [1.807, 2.05) is 0 Å². The predicted molar refractivity (Wildman–Crippen MR) is 111 cm³/mol. The van der Waals surface area contributed by atoms with Crippen molar-refractivity contribution in [3.05, 3.63) is 28.8 Å². The topological polar surface area (TPSA) is 69.7 Å². The molecular weight excluding hydrogens is 398 g/mol. The SMILES string of the molecule is C[C@@H]1CCCCN1CCCNC(=O)c1cc(S(=O)(=O)N2CCCC2)ccc1Cl. The Morgan fingerprint density at radius 2 is 1.89 bits per heavy atom. The highest BCUT2D eigenvalue weighted by Gasteiger charge is 2.28. The van der Waals surface area contributed by atoms with Crippen molar-refractivity contribution in [3.8, 4) is 0 Å². The van der Waals surface area contributed by atoms with E-state index in [-0.39, 0.29) is 21.4 Å². The van der Waals surface area contributed by atoms with Crippen molar-refractivity contribution < 1.29 is 13.2 Å². The first-order valence-electron chi connectivity index (χ1n) is 10.2. The molecular formula is C20H30ClN3O3S. The summed E-state index contributed by atoms with van der Waals surface area (Å²) < 4.78 is 26.9. The summed E-state index contributed by atoms with van der Waals surface area (Å²) in [5, 5.41) is 3.15. The van der Waals surface area contributed by atoms with Gasteiger partial charge in [-0.05, 0) is 63.8 Å². The van der Waals surface area contributed by atoms with Crippen LogP contribution in [0.2, 0.25) is 5.02 Å². The molecule has 0 unspecified atom stereocenters. The van der Waals surface area contributed by atoms with E-state index in [2.05, 4.69) is 17.1 Å². The number of hydrogen-bond donors (Lipinski definition) is 1. The lowest BCUT2D eigenvalue weighted by Crippen LogP contribution is -2.39. The van der Waals surface area contributed by atoms with Crippen LogP contribution in [-0.2, 0) is 10.0 Å². The molecule has 2 fully saturated rings. The Bertz CT molecular complexity index is 794.